The van der Waals surface area contributed by atoms with Crippen LogP contribution in [-0.4, -0.2) is 35.4 Å². The maximum absolute atomic E-state index is 12.3. The Hall–Kier alpha value is -1.62. The fraction of sp³-hybridized carbons (Fsp3) is 0.538. The number of H-pyrrole nitrogens is 1. The van der Waals surface area contributed by atoms with Crippen molar-refractivity contribution < 1.29 is 4.79 Å². The van der Waals surface area contributed by atoms with Gasteiger partial charge in [0, 0.05) is 37.6 Å². The molecule has 1 heterocycles. The summed E-state index contributed by atoms with van der Waals surface area (Å²) in [7, 11) is 1.72. The third kappa shape index (κ3) is 2.46. The third-order valence-electron chi connectivity index (χ3n) is 3.51. The largest absolute Gasteiger partial charge is 0.364 e. The van der Waals surface area contributed by atoms with Gasteiger partial charge in [0.25, 0.3) is 5.91 Å². The number of pyridine rings is 1. The molecule has 1 amide bonds. The number of aromatic amines is 1. The van der Waals surface area contributed by atoms with Crippen LogP contribution >= 0.6 is 0 Å². The summed E-state index contributed by atoms with van der Waals surface area (Å²) in [5.74, 6) is 0.243. The van der Waals surface area contributed by atoms with E-state index in [9.17, 15) is 9.59 Å². The Labute approximate surface area is 106 Å². The molecule has 1 unspecified atom stereocenters. The summed E-state index contributed by atoms with van der Waals surface area (Å²) in [6.45, 7) is 2.23. The highest BCUT2D eigenvalue weighted by Gasteiger charge is 2.35. The van der Waals surface area contributed by atoms with Crippen LogP contribution in [0.3, 0.4) is 0 Å². The highest BCUT2D eigenvalue weighted by Crippen LogP contribution is 2.34. The number of aromatic nitrogens is 1. The predicted molar refractivity (Wildman–Crippen MR) is 69.5 cm³/mol. The third-order valence-corrected chi connectivity index (χ3v) is 3.51. The highest BCUT2D eigenvalue weighted by atomic mass is 16.2. The maximum atomic E-state index is 12.3. The van der Waals surface area contributed by atoms with Crippen molar-refractivity contribution in [3.05, 3.63) is 33.7 Å². The zero-order valence-electron chi connectivity index (χ0n) is 10.8. The molecule has 1 aliphatic rings. The normalized spacial score (nSPS) is 16.4. The lowest BCUT2D eigenvalue weighted by Gasteiger charge is -2.26. The number of hydrogen-bond donors (Lipinski definition) is 2. The molecule has 3 N–H and O–H groups in total. The van der Waals surface area contributed by atoms with E-state index in [-0.39, 0.29) is 22.9 Å². The highest BCUT2D eigenvalue weighted by molar-refractivity contribution is 5.93. The Morgan fingerprint density at radius 1 is 1.61 bits per heavy atom. The van der Waals surface area contributed by atoms with Crippen molar-refractivity contribution in [3.63, 3.8) is 0 Å². The number of nitrogens with one attached hydrogen (secondary N) is 1. The van der Waals surface area contributed by atoms with Crippen molar-refractivity contribution in [2.75, 3.05) is 13.6 Å². The van der Waals surface area contributed by atoms with Gasteiger partial charge in [-0.25, -0.2) is 0 Å². The van der Waals surface area contributed by atoms with Gasteiger partial charge in [0.15, 0.2) is 5.43 Å². The fourth-order valence-corrected chi connectivity index (χ4v) is 2.23. The minimum absolute atomic E-state index is 0.0400. The number of likely N-dealkylation sites (N-methyl/N-ethyl adjacent to an activating group) is 1. The van der Waals surface area contributed by atoms with Gasteiger partial charge in [-0.2, -0.15) is 0 Å². The second-order valence-corrected chi connectivity index (χ2v) is 4.95. The van der Waals surface area contributed by atoms with Gasteiger partial charge in [0.1, 0.15) is 5.56 Å². The molecule has 98 valence electrons. The van der Waals surface area contributed by atoms with Crippen molar-refractivity contribution in [2.24, 2.45) is 11.7 Å². The van der Waals surface area contributed by atoms with Crippen molar-refractivity contribution in [3.8, 4) is 0 Å². The first-order chi connectivity index (χ1) is 8.54. The van der Waals surface area contributed by atoms with Crippen molar-refractivity contribution >= 4 is 5.91 Å². The molecule has 2 rings (SSSR count). The topological polar surface area (TPSA) is 79.2 Å². The summed E-state index contributed by atoms with van der Waals surface area (Å²) in [6.07, 6.45) is 3.71. The lowest BCUT2D eigenvalue weighted by Crippen LogP contribution is -2.44. The number of carbonyl (C=O) groups excluding carboxylic acids is 1. The number of aryl methyl sites for hydroxylation is 1. The molecule has 0 aliphatic heterocycles. The Balaban J connectivity index is 2.21. The van der Waals surface area contributed by atoms with Gasteiger partial charge < -0.3 is 15.6 Å². The number of rotatable bonds is 4. The summed E-state index contributed by atoms with van der Waals surface area (Å²) in [5.41, 5.74) is 6.40. The standard InChI is InChI=1S/C13H19N3O2/c1-8-5-12(17)10(7-15-8)13(18)16(2)11(6-14)9-3-4-9/h5,7,9,11H,3-4,6,14H2,1-2H3,(H,15,17). The molecule has 0 radical (unpaired) electrons. The van der Waals surface area contributed by atoms with Gasteiger partial charge in [-0.15, -0.1) is 0 Å². The van der Waals surface area contributed by atoms with Crippen molar-refractivity contribution in [1.29, 1.82) is 0 Å². The Morgan fingerprint density at radius 3 is 2.78 bits per heavy atom. The predicted octanol–water partition coefficient (Wildman–Crippen LogP) is 0.493. The average Bonchev–Trinajstić information content (AvgIpc) is 3.13. The van der Waals surface area contributed by atoms with Gasteiger partial charge in [-0.05, 0) is 25.7 Å². The zero-order valence-corrected chi connectivity index (χ0v) is 10.8. The van der Waals surface area contributed by atoms with E-state index in [0.29, 0.717) is 12.5 Å². The molecular weight excluding hydrogens is 230 g/mol. The van der Waals surface area contributed by atoms with Crippen LogP contribution in [0.5, 0.6) is 0 Å². The number of carbonyl (C=O) groups is 1. The van der Waals surface area contributed by atoms with Gasteiger partial charge in [-0.3, -0.25) is 9.59 Å². The molecule has 1 fully saturated rings. The number of amides is 1. The second-order valence-electron chi connectivity index (χ2n) is 4.95. The second kappa shape index (κ2) is 4.94. The summed E-state index contributed by atoms with van der Waals surface area (Å²) < 4.78 is 0. The molecule has 18 heavy (non-hydrogen) atoms. The first-order valence-corrected chi connectivity index (χ1v) is 6.21. The summed E-state index contributed by atoms with van der Waals surface area (Å²) >= 11 is 0. The molecule has 0 bridgehead atoms. The van der Waals surface area contributed by atoms with Crippen LogP contribution in [-0.2, 0) is 0 Å². The zero-order chi connectivity index (χ0) is 13.3. The van der Waals surface area contributed by atoms with Crippen LogP contribution in [0.2, 0.25) is 0 Å². The SMILES string of the molecule is Cc1cc(=O)c(C(=O)N(C)C(CN)C2CC2)c[nH]1. The van der Waals surface area contributed by atoms with E-state index >= 15 is 0 Å². The van der Waals surface area contributed by atoms with Crippen LogP contribution in [0, 0.1) is 12.8 Å². The molecule has 0 aromatic carbocycles. The van der Waals surface area contributed by atoms with Crippen LogP contribution < -0.4 is 11.2 Å². The molecule has 5 nitrogen and oxygen atoms in total. The number of hydrogen-bond acceptors (Lipinski definition) is 3. The van der Waals surface area contributed by atoms with Crippen LogP contribution in [0.15, 0.2) is 17.1 Å². The van der Waals surface area contributed by atoms with E-state index in [2.05, 4.69) is 4.98 Å². The van der Waals surface area contributed by atoms with E-state index < -0.39 is 0 Å². The van der Waals surface area contributed by atoms with Gasteiger partial charge in [-0.1, -0.05) is 0 Å². The van der Waals surface area contributed by atoms with Gasteiger partial charge in [0.2, 0.25) is 0 Å². The number of nitrogens with zero attached hydrogens (tertiary/aromatic N) is 1. The smallest absolute Gasteiger partial charge is 0.259 e. The molecule has 0 spiro atoms. The Bertz CT molecular complexity index is 505. The monoisotopic (exact) mass is 249 g/mol. The maximum Gasteiger partial charge on any atom is 0.259 e. The van der Waals surface area contributed by atoms with Gasteiger partial charge >= 0.3 is 0 Å². The Morgan fingerprint density at radius 2 is 2.28 bits per heavy atom. The quantitative estimate of drug-likeness (QED) is 0.815. The summed E-state index contributed by atoms with van der Waals surface area (Å²) in [4.78, 5) is 28.6. The molecule has 0 saturated heterocycles. The Kier molecular flexibility index (Phi) is 3.52. The lowest BCUT2D eigenvalue weighted by atomic mass is 10.1. The van der Waals surface area contributed by atoms with E-state index in [1.54, 1.807) is 18.9 Å². The number of nitrogens with two attached hydrogens (primary N) is 1. The lowest BCUT2D eigenvalue weighted by molar-refractivity contribution is 0.0717. The van der Waals surface area contributed by atoms with Crippen molar-refractivity contribution in [2.45, 2.75) is 25.8 Å². The van der Waals surface area contributed by atoms with Crippen LogP contribution in [0.4, 0.5) is 0 Å². The minimum Gasteiger partial charge on any atom is -0.364 e. The van der Waals surface area contributed by atoms with E-state index in [1.165, 1.54) is 12.3 Å². The fourth-order valence-electron chi connectivity index (χ4n) is 2.23. The molecular formula is C13H19N3O2. The average molecular weight is 249 g/mol. The molecule has 1 saturated carbocycles. The molecule has 5 heteroatoms. The van der Waals surface area contributed by atoms with E-state index in [1.807, 2.05) is 0 Å². The first kappa shape index (κ1) is 12.8. The van der Waals surface area contributed by atoms with Crippen molar-refractivity contribution in [1.82, 2.24) is 9.88 Å². The van der Waals surface area contributed by atoms with Crippen LogP contribution in [0.25, 0.3) is 0 Å². The van der Waals surface area contributed by atoms with Crippen LogP contribution in [0.1, 0.15) is 28.9 Å². The molecule has 1 aromatic rings. The summed E-state index contributed by atoms with van der Waals surface area (Å²) in [6, 6.07) is 1.48. The van der Waals surface area contributed by atoms with Gasteiger partial charge in [0.05, 0.1) is 0 Å². The molecule has 1 aliphatic carbocycles. The minimum atomic E-state index is -0.251. The first-order valence-electron chi connectivity index (χ1n) is 6.21. The van der Waals surface area contributed by atoms with E-state index in [0.717, 1.165) is 18.5 Å². The summed E-state index contributed by atoms with van der Waals surface area (Å²) in [5, 5.41) is 0. The van der Waals surface area contributed by atoms with E-state index in [4.69, 9.17) is 5.73 Å². The molecule has 1 aromatic heterocycles. The molecule has 1 atom stereocenters.